The van der Waals surface area contributed by atoms with E-state index in [1.165, 1.54) is 7.05 Å². The summed E-state index contributed by atoms with van der Waals surface area (Å²) in [6.45, 7) is 1.56. The zero-order valence-electron chi connectivity index (χ0n) is 9.79. The summed E-state index contributed by atoms with van der Waals surface area (Å²) in [7, 11) is 1.43. The van der Waals surface area contributed by atoms with E-state index in [-0.39, 0.29) is 0 Å². The molecule has 0 aliphatic carbocycles. The summed E-state index contributed by atoms with van der Waals surface area (Å²) < 4.78 is 7.06. The van der Waals surface area contributed by atoms with Gasteiger partial charge in [0.1, 0.15) is 5.75 Å². The zero-order chi connectivity index (χ0) is 13.7. The summed E-state index contributed by atoms with van der Waals surface area (Å²) >= 11 is 6.64. The molecule has 1 aromatic rings. The van der Waals surface area contributed by atoms with Crippen LogP contribution in [0.15, 0.2) is 27.1 Å². The van der Waals surface area contributed by atoms with E-state index in [4.69, 9.17) is 4.74 Å². The number of carbonyl (C=O) groups excluding carboxylic acids is 2. The van der Waals surface area contributed by atoms with Crippen LogP contribution >= 0.6 is 31.9 Å². The maximum Gasteiger partial charge on any atom is 0.321 e. The van der Waals surface area contributed by atoms with Crippen molar-refractivity contribution in [1.29, 1.82) is 0 Å². The molecule has 3 amide bonds. The lowest BCUT2D eigenvalue weighted by Crippen LogP contribution is -2.43. The van der Waals surface area contributed by atoms with Crippen molar-refractivity contribution in [2.24, 2.45) is 0 Å². The predicted octanol–water partition coefficient (Wildman–Crippen LogP) is 2.43. The van der Waals surface area contributed by atoms with E-state index >= 15 is 0 Å². The summed E-state index contributed by atoms with van der Waals surface area (Å²) in [4.78, 5) is 22.6. The van der Waals surface area contributed by atoms with Crippen LogP contribution in [0, 0.1) is 0 Å². The van der Waals surface area contributed by atoms with E-state index < -0.39 is 18.0 Å². The van der Waals surface area contributed by atoms with Crippen molar-refractivity contribution in [2.45, 2.75) is 13.0 Å². The second-order valence-electron chi connectivity index (χ2n) is 3.40. The standard InChI is InChI=1S/C11H12Br2N2O3/c1-6(10(16)15-11(17)14-2)18-9-4-3-7(12)5-8(9)13/h3-6H,1-2H3,(H2,14,15,16,17)/t6-/m0/s1. The van der Waals surface area contributed by atoms with Gasteiger partial charge in [0.2, 0.25) is 0 Å². The molecule has 0 fully saturated rings. The summed E-state index contributed by atoms with van der Waals surface area (Å²) in [5.74, 6) is 0.0157. The molecule has 0 spiro atoms. The van der Waals surface area contributed by atoms with Gasteiger partial charge in [0.05, 0.1) is 4.47 Å². The van der Waals surface area contributed by atoms with Crippen LogP contribution in [0.25, 0.3) is 0 Å². The number of urea groups is 1. The first kappa shape index (κ1) is 15.0. The van der Waals surface area contributed by atoms with Gasteiger partial charge < -0.3 is 10.1 Å². The van der Waals surface area contributed by atoms with E-state index in [9.17, 15) is 9.59 Å². The lowest BCUT2D eigenvalue weighted by Gasteiger charge is -2.15. The first-order chi connectivity index (χ1) is 8.43. The van der Waals surface area contributed by atoms with Crippen molar-refractivity contribution < 1.29 is 14.3 Å². The van der Waals surface area contributed by atoms with Crippen LogP contribution in [0.2, 0.25) is 0 Å². The highest BCUT2D eigenvalue weighted by atomic mass is 79.9. The van der Waals surface area contributed by atoms with Crippen molar-refractivity contribution in [2.75, 3.05) is 7.05 Å². The number of amides is 3. The Morgan fingerprint density at radius 3 is 2.56 bits per heavy atom. The molecule has 2 N–H and O–H groups in total. The number of carbonyl (C=O) groups is 2. The molecule has 1 rings (SSSR count). The first-order valence-corrected chi connectivity index (χ1v) is 6.67. The van der Waals surface area contributed by atoms with Gasteiger partial charge >= 0.3 is 6.03 Å². The molecule has 0 bridgehead atoms. The second kappa shape index (κ2) is 6.75. The van der Waals surface area contributed by atoms with Crippen LogP contribution in [0.4, 0.5) is 4.79 Å². The minimum Gasteiger partial charge on any atom is -0.480 e. The van der Waals surface area contributed by atoms with Gasteiger partial charge in [0.25, 0.3) is 5.91 Å². The Hall–Kier alpha value is -1.08. The van der Waals surface area contributed by atoms with E-state index in [0.717, 1.165) is 8.95 Å². The molecule has 0 aliphatic heterocycles. The van der Waals surface area contributed by atoms with E-state index in [0.29, 0.717) is 5.75 Å². The fourth-order valence-corrected chi connectivity index (χ4v) is 2.23. The average molecular weight is 380 g/mol. The van der Waals surface area contributed by atoms with Gasteiger partial charge in [0.15, 0.2) is 6.10 Å². The van der Waals surface area contributed by atoms with Gasteiger partial charge in [-0.15, -0.1) is 0 Å². The third-order valence-electron chi connectivity index (χ3n) is 2.03. The first-order valence-electron chi connectivity index (χ1n) is 5.08. The number of nitrogens with one attached hydrogen (secondary N) is 2. The van der Waals surface area contributed by atoms with Gasteiger partial charge in [-0.2, -0.15) is 0 Å². The summed E-state index contributed by atoms with van der Waals surface area (Å²) in [6.07, 6.45) is -0.778. The highest BCUT2D eigenvalue weighted by Crippen LogP contribution is 2.28. The molecular weight excluding hydrogens is 368 g/mol. The van der Waals surface area contributed by atoms with Crippen LogP contribution in [0.5, 0.6) is 5.75 Å². The number of hydrogen-bond acceptors (Lipinski definition) is 3. The predicted molar refractivity (Wildman–Crippen MR) is 74.5 cm³/mol. The number of benzene rings is 1. The zero-order valence-corrected chi connectivity index (χ0v) is 13.0. The Labute approximate surface area is 122 Å². The van der Waals surface area contributed by atoms with Gasteiger partial charge in [-0.3, -0.25) is 10.1 Å². The lowest BCUT2D eigenvalue weighted by molar-refractivity contribution is -0.126. The molecule has 1 aromatic carbocycles. The summed E-state index contributed by atoms with van der Waals surface area (Å²) in [6, 6.07) is 4.75. The molecule has 0 heterocycles. The van der Waals surface area contributed by atoms with Crippen molar-refractivity contribution >= 4 is 43.8 Å². The normalized spacial score (nSPS) is 11.6. The van der Waals surface area contributed by atoms with Gasteiger partial charge in [-0.25, -0.2) is 4.79 Å². The van der Waals surface area contributed by atoms with Crippen LogP contribution < -0.4 is 15.4 Å². The van der Waals surface area contributed by atoms with Crippen LogP contribution in [-0.4, -0.2) is 25.1 Å². The van der Waals surface area contributed by atoms with Crippen molar-refractivity contribution in [1.82, 2.24) is 10.6 Å². The highest BCUT2D eigenvalue weighted by Gasteiger charge is 2.17. The SMILES string of the molecule is CNC(=O)NC(=O)[C@H](C)Oc1ccc(Br)cc1Br. The largest absolute Gasteiger partial charge is 0.480 e. The molecule has 0 saturated carbocycles. The Morgan fingerprint density at radius 2 is 2.00 bits per heavy atom. The van der Waals surface area contributed by atoms with Gasteiger partial charge in [-0.1, -0.05) is 15.9 Å². The number of ether oxygens (including phenoxy) is 1. The molecule has 98 valence electrons. The lowest BCUT2D eigenvalue weighted by atomic mass is 10.3. The molecule has 0 radical (unpaired) electrons. The van der Waals surface area contributed by atoms with Crippen molar-refractivity contribution in [3.05, 3.63) is 27.1 Å². The monoisotopic (exact) mass is 378 g/mol. The molecule has 0 aromatic heterocycles. The van der Waals surface area contributed by atoms with Gasteiger partial charge in [-0.05, 0) is 41.1 Å². The van der Waals surface area contributed by atoms with Crippen molar-refractivity contribution in [3.8, 4) is 5.75 Å². The van der Waals surface area contributed by atoms with Crippen LogP contribution in [-0.2, 0) is 4.79 Å². The van der Waals surface area contributed by atoms with E-state index in [1.54, 1.807) is 25.1 Å². The Kier molecular flexibility index (Phi) is 5.61. The number of hydrogen-bond donors (Lipinski definition) is 2. The smallest absolute Gasteiger partial charge is 0.321 e. The Morgan fingerprint density at radius 1 is 1.33 bits per heavy atom. The Balaban J connectivity index is 2.66. The molecular formula is C11H12Br2N2O3. The van der Waals surface area contributed by atoms with Crippen molar-refractivity contribution in [3.63, 3.8) is 0 Å². The van der Waals surface area contributed by atoms with Crippen LogP contribution in [0.1, 0.15) is 6.92 Å². The minimum absolute atomic E-state index is 0.510. The maximum absolute atomic E-state index is 11.6. The molecule has 1 atom stereocenters. The van der Waals surface area contributed by atoms with E-state index in [1.807, 2.05) is 0 Å². The minimum atomic E-state index is -0.778. The summed E-state index contributed by atoms with van der Waals surface area (Å²) in [5.41, 5.74) is 0. The second-order valence-corrected chi connectivity index (χ2v) is 5.17. The number of halogens is 2. The molecule has 0 aliphatic rings. The fourth-order valence-electron chi connectivity index (χ4n) is 1.09. The van der Waals surface area contributed by atoms with E-state index in [2.05, 4.69) is 42.5 Å². The third kappa shape index (κ3) is 4.30. The quantitative estimate of drug-likeness (QED) is 0.847. The molecule has 18 heavy (non-hydrogen) atoms. The molecule has 0 saturated heterocycles. The van der Waals surface area contributed by atoms with Gasteiger partial charge in [0, 0.05) is 11.5 Å². The maximum atomic E-state index is 11.6. The van der Waals surface area contributed by atoms with Crippen LogP contribution in [0.3, 0.4) is 0 Å². The molecule has 5 nitrogen and oxygen atoms in total. The Bertz CT molecular complexity index is 466. The molecule has 7 heteroatoms. The summed E-state index contributed by atoms with van der Waals surface area (Å²) in [5, 5.41) is 4.43. The fraction of sp³-hybridized carbons (Fsp3) is 0.273. The average Bonchev–Trinajstić information content (AvgIpc) is 2.32. The molecule has 0 unspecified atom stereocenters. The third-order valence-corrected chi connectivity index (χ3v) is 3.14. The number of imide groups is 1. The highest BCUT2D eigenvalue weighted by molar-refractivity contribution is 9.11. The topological polar surface area (TPSA) is 67.4 Å². The number of rotatable bonds is 3.